The fourth-order valence-corrected chi connectivity index (χ4v) is 1.62. The van der Waals surface area contributed by atoms with E-state index in [-0.39, 0.29) is 0 Å². The Morgan fingerprint density at radius 2 is 1.94 bits per heavy atom. The summed E-state index contributed by atoms with van der Waals surface area (Å²) in [6.07, 6.45) is 4.09. The number of hydrogen-bond donors (Lipinski definition) is 0. The van der Waals surface area contributed by atoms with E-state index < -0.39 is 11.6 Å². The number of rotatable bonds is 4. The van der Waals surface area contributed by atoms with Crippen LogP contribution in [0.5, 0.6) is 0 Å². The van der Waals surface area contributed by atoms with Gasteiger partial charge in [0.05, 0.1) is 12.5 Å². The standard InChI is InChI=1S/C12H10F2N2O/c13-10-3-9(4-11(14)5-10)1-2-16-8-15-6-12(16)7-17/h3-8H,1-2H2. The molecule has 0 amide bonds. The van der Waals surface area contributed by atoms with Crippen LogP contribution in [0.2, 0.25) is 0 Å². The van der Waals surface area contributed by atoms with Gasteiger partial charge in [-0.15, -0.1) is 0 Å². The predicted molar refractivity (Wildman–Crippen MR) is 57.7 cm³/mol. The monoisotopic (exact) mass is 236 g/mol. The van der Waals surface area contributed by atoms with E-state index in [4.69, 9.17) is 0 Å². The summed E-state index contributed by atoms with van der Waals surface area (Å²) in [5.74, 6) is -1.19. The second kappa shape index (κ2) is 4.86. The molecule has 0 aliphatic carbocycles. The van der Waals surface area contributed by atoms with Crippen molar-refractivity contribution in [3.8, 4) is 0 Å². The van der Waals surface area contributed by atoms with Crippen molar-refractivity contribution in [1.29, 1.82) is 0 Å². The van der Waals surface area contributed by atoms with Crippen LogP contribution in [0.15, 0.2) is 30.7 Å². The summed E-state index contributed by atoms with van der Waals surface area (Å²) in [4.78, 5) is 14.5. The molecule has 0 saturated carbocycles. The van der Waals surface area contributed by atoms with Gasteiger partial charge < -0.3 is 4.57 Å². The van der Waals surface area contributed by atoms with Crippen molar-refractivity contribution >= 4 is 6.29 Å². The molecular formula is C12H10F2N2O. The lowest BCUT2D eigenvalue weighted by Gasteiger charge is -2.05. The zero-order valence-corrected chi connectivity index (χ0v) is 8.94. The number of aryl methyl sites for hydroxylation is 2. The highest BCUT2D eigenvalue weighted by Crippen LogP contribution is 2.10. The molecule has 0 N–H and O–H groups in total. The zero-order chi connectivity index (χ0) is 12.3. The maximum Gasteiger partial charge on any atom is 0.168 e. The third kappa shape index (κ3) is 2.75. The molecule has 1 aromatic carbocycles. The summed E-state index contributed by atoms with van der Waals surface area (Å²) in [6.45, 7) is 0.455. The molecule has 2 aromatic rings. The van der Waals surface area contributed by atoms with Crippen molar-refractivity contribution < 1.29 is 13.6 Å². The molecule has 0 aliphatic rings. The molecule has 0 unspecified atom stereocenters. The first kappa shape index (κ1) is 11.4. The molecule has 0 spiro atoms. The second-order valence-electron chi connectivity index (χ2n) is 3.66. The van der Waals surface area contributed by atoms with Gasteiger partial charge in [0, 0.05) is 12.6 Å². The van der Waals surface area contributed by atoms with E-state index in [9.17, 15) is 13.6 Å². The number of aldehydes is 1. The predicted octanol–water partition coefficient (Wildman–Crippen LogP) is 2.22. The van der Waals surface area contributed by atoms with Gasteiger partial charge in [-0.1, -0.05) is 0 Å². The summed E-state index contributed by atoms with van der Waals surface area (Å²) >= 11 is 0. The number of aromatic nitrogens is 2. The van der Waals surface area contributed by atoms with E-state index in [0.29, 0.717) is 30.5 Å². The molecule has 0 bridgehead atoms. The summed E-state index contributed by atoms with van der Waals surface area (Å²) < 4.78 is 27.5. The lowest BCUT2D eigenvalue weighted by molar-refractivity contribution is 0.111. The minimum absolute atomic E-state index is 0.436. The van der Waals surface area contributed by atoms with Crippen LogP contribution in [-0.4, -0.2) is 15.8 Å². The molecule has 0 saturated heterocycles. The van der Waals surface area contributed by atoms with Crippen LogP contribution in [0, 0.1) is 11.6 Å². The van der Waals surface area contributed by atoms with Crippen LogP contribution in [0.1, 0.15) is 16.1 Å². The summed E-state index contributed by atoms with van der Waals surface area (Å²) in [6, 6.07) is 3.39. The van der Waals surface area contributed by atoms with Gasteiger partial charge in [0.25, 0.3) is 0 Å². The third-order valence-electron chi connectivity index (χ3n) is 2.43. The molecular weight excluding hydrogens is 226 g/mol. The smallest absolute Gasteiger partial charge is 0.168 e. The fourth-order valence-electron chi connectivity index (χ4n) is 1.62. The van der Waals surface area contributed by atoms with Gasteiger partial charge in [-0.2, -0.15) is 0 Å². The number of benzene rings is 1. The molecule has 0 fully saturated rings. The van der Waals surface area contributed by atoms with Crippen molar-refractivity contribution in [1.82, 2.24) is 9.55 Å². The highest BCUT2D eigenvalue weighted by molar-refractivity contribution is 5.71. The van der Waals surface area contributed by atoms with Gasteiger partial charge in [0.1, 0.15) is 17.3 Å². The first-order chi connectivity index (χ1) is 8.19. The molecule has 2 rings (SSSR count). The van der Waals surface area contributed by atoms with Crippen molar-refractivity contribution in [3.63, 3.8) is 0 Å². The van der Waals surface area contributed by atoms with Crippen LogP contribution in [0.25, 0.3) is 0 Å². The fraction of sp³-hybridized carbons (Fsp3) is 0.167. The maximum absolute atomic E-state index is 12.9. The highest BCUT2D eigenvalue weighted by Gasteiger charge is 2.03. The Morgan fingerprint density at radius 1 is 1.24 bits per heavy atom. The number of carbonyl (C=O) groups is 1. The van der Waals surface area contributed by atoms with Crippen LogP contribution < -0.4 is 0 Å². The first-order valence-electron chi connectivity index (χ1n) is 5.09. The van der Waals surface area contributed by atoms with Gasteiger partial charge in [0.15, 0.2) is 6.29 Å². The van der Waals surface area contributed by atoms with Crippen LogP contribution in [0.4, 0.5) is 8.78 Å². The quantitative estimate of drug-likeness (QED) is 0.763. The van der Waals surface area contributed by atoms with Gasteiger partial charge >= 0.3 is 0 Å². The molecule has 17 heavy (non-hydrogen) atoms. The molecule has 1 heterocycles. The number of carbonyl (C=O) groups excluding carboxylic acids is 1. The molecule has 0 atom stereocenters. The zero-order valence-electron chi connectivity index (χ0n) is 8.94. The Morgan fingerprint density at radius 3 is 2.59 bits per heavy atom. The summed E-state index contributed by atoms with van der Waals surface area (Å²) in [5, 5.41) is 0. The number of hydrogen-bond acceptors (Lipinski definition) is 2. The first-order valence-corrected chi connectivity index (χ1v) is 5.09. The molecule has 0 radical (unpaired) electrons. The third-order valence-corrected chi connectivity index (χ3v) is 2.43. The Labute approximate surface area is 96.7 Å². The lowest BCUT2D eigenvalue weighted by atomic mass is 10.1. The topological polar surface area (TPSA) is 34.9 Å². The van der Waals surface area contributed by atoms with Crippen LogP contribution in [0.3, 0.4) is 0 Å². The van der Waals surface area contributed by atoms with Crippen LogP contribution >= 0.6 is 0 Å². The Bertz CT molecular complexity index is 517. The Kier molecular flexibility index (Phi) is 3.27. The number of imidazole rings is 1. The maximum atomic E-state index is 12.9. The van der Waals surface area contributed by atoms with Gasteiger partial charge in [0.2, 0.25) is 0 Å². The van der Waals surface area contributed by atoms with Crippen molar-refractivity contribution in [2.45, 2.75) is 13.0 Å². The normalized spacial score (nSPS) is 10.5. The minimum Gasteiger partial charge on any atom is -0.328 e. The van der Waals surface area contributed by atoms with E-state index >= 15 is 0 Å². The van der Waals surface area contributed by atoms with E-state index in [1.54, 1.807) is 4.57 Å². The van der Waals surface area contributed by atoms with Gasteiger partial charge in [-0.05, 0) is 24.1 Å². The average molecular weight is 236 g/mol. The van der Waals surface area contributed by atoms with Crippen molar-refractivity contribution in [2.75, 3.05) is 0 Å². The largest absolute Gasteiger partial charge is 0.328 e. The molecule has 3 nitrogen and oxygen atoms in total. The average Bonchev–Trinajstić information content (AvgIpc) is 2.72. The van der Waals surface area contributed by atoms with Gasteiger partial charge in [-0.3, -0.25) is 4.79 Å². The lowest BCUT2D eigenvalue weighted by Crippen LogP contribution is -2.04. The van der Waals surface area contributed by atoms with Crippen molar-refractivity contribution in [3.05, 3.63) is 53.6 Å². The molecule has 88 valence electrons. The second-order valence-corrected chi connectivity index (χ2v) is 3.66. The van der Waals surface area contributed by atoms with E-state index in [1.165, 1.54) is 24.7 Å². The summed E-state index contributed by atoms with van der Waals surface area (Å²) in [5.41, 5.74) is 0.995. The van der Waals surface area contributed by atoms with E-state index in [0.717, 1.165) is 6.07 Å². The number of halogens is 2. The Hall–Kier alpha value is -2.04. The van der Waals surface area contributed by atoms with Crippen molar-refractivity contribution in [2.24, 2.45) is 0 Å². The summed E-state index contributed by atoms with van der Waals surface area (Å²) in [7, 11) is 0. The Balaban J connectivity index is 2.09. The van der Waals surface area contributed by atoms with E-state index in [1.807, 2.05) is 0 Å². The minimum atomic E-state index is -0.596. The van der Waals surface area contributed by atoms with Crippen LogP contribution in [-0.2, 0) is 13.0 Å². The number of nitrogens with zero attached hydrogens (tertiary/aromatic N) is 2. The van der Waals surface area contributed by atoms with E-state index in [2.05, 4.69) is 4.98 Å². The molecule has 1 aromatic heterocycles. The SMILES string of the molecule is O=Cc1cncn1CCc1cc(F)cc(F)c1. The van der Waals surface area contributed by atoms with Gasteiger partial charge in [-0.25, -0.2) is 13.8 Å². The molecule has 5 heteroatoms. The highest BCUT2D eigenvalue weighted by atomic mass is 19.1. The molecule has 0 aliphatic heterocycles.